The van der Waals surface area contributed by atoms with E-state index in [4.69, 9.17) is 0 Å². The second kappa shape index (κ2) is 10.2. The smallest absolute Gasteiger partial charge is 0.314 e. The molecule has 0 aliphatic heterocycles. The summed E-state index contributed by atoms with van der Waals surface area (Å²) in [6, 6.07) is 30.2. The van der Waals surface area contributed by atoms with Gasteiger partial charge in [0.15, 0.2) is 11.6 Å². The molecule has 166 valence electrons. The summed E-state index contributed by atoms with van der Waals surface area (Å²) in [5.74, 6) is -2.49. The minimum absolute atomic E-state index is 0.213. The van der Waals surface area contributed by atoms with Crippen molar-refractivity contribution in [3.05, 3.63) is 131 Å². The zero-order valence-electron chi connectivity index (χ0n) is 18.0. The number of carbonyl (C=O) groups is 4. The number of ketones is 2. The van der Waals surface area contributed by atoms with Crippen LogP contribution in [0.1, 0.15) is 31.8 Å². The average molecular weight is 448 g/mol. The van der Waals surface area contributed by atoms with Gasteiger partial charge in [0.25, 0.3) is 0 Å². The van der Waals surface area contributed by atoms with E-state index in [2.05, 4.69) is 10.6 Å². The number of hydrogen-bond donors (Lipinski definition) is 2. The van der Waals surface area contributed by atoms with Crippen molar-refractivity contribution in [1.82, 2.24) is 0 Å². The molecule has 0 heterocycles. The van der Waals surface area contributed by atoms with Crippen molar-refractivity contribution in [3.63, 3.8) is 0 Å². The molecular weight excluding hydrogens is 428 g/mol. The molecule has 0 saturated carbocycles. The van der Waals surface area contributed by atoms with Gasteiger partial charge in [-0.3, -0.25) is 19.2 Å². The first-order chi connectivity index (χ1) is 16.5. The largest absolute Gasteiger partial charge is 0.317 e. The van der Waals surface area contributed by atoms with Gasteiger partial charge in [0, 0.05) is 22.3 Å². The van der Waals surface area contributed by atoms with Crippen LogP contribution in [0.15, 0.2) is 109 Å². The molecule has 0 aromatic heterocycles. The molecule has 0 spiro atoms. The van der Waals surface area contributed by atoms with Crippen molar-refractivity contribution < 1.29 is 19.2 Å². The molecule has 0 saturated heterocycles. The summed E-state index contributed by atoms with van der Waals surface area (Å²) in [4.78, 5) is 51.1. The maximum atomic E-state index is 12.9. The van der Waals surface area contributed by atoms with Crippen molar-refractivity contribution in [2.24, 2.45) is 0 Å². The molecule has 0 radical (unpaired) electrons. The highest BCUT2D eigenvalue weighted by Gasteiger charge is 2.21. The Morgan fingerprint density at radius 1 is 0.412 bits per heavy atom. The van der Waals surface area contributed by atoms with Crippen LogP contribution in [-0.2, 0) is 9.59 Å². The Morgan fingerprint density at radius 2 is 0.735 bits per heavy atom. The quantitative estimate of drug-likeness (QED) is 0.330. The molecule has 0 aliphatic rings. The zero-order valence-corrected chi connectivity index (χ0v) is 18.0. The second-order valence-corrected chi connectivity index (χ2v) is 7.39. The van der Waals surface area contributed by atoms with Crippen LogP contribution in [0.2, 0.25) is 0 Å². The Labute approximate surface area is 196 Å². The Bertz CT molecular complexity index is 1260. The third-order valence-electron chi connectivity index (χ3n) is 5.12. The zero-order chi connectivity index (χ0) is 23.9. The van der Waals surface area contributed by atoms with E-state index in [9.17, 15) is 19.2 Å². The number of amides is 2. The van der Waals surface area contributed by atoms with E-state index < -0.39 is 11.8 Å². The van der Waals surface area contributed by atoms with E-state index >= 15 is 0 Å². The molecule has 2 amide bonds. The van der Waals surface area contributed by atoms with E-state index in [1.54, 1.807) is 109 Å². The van der Waals surface area contributed by atoms with Gasteiger partial charge in [-0.1, -0.05) is 84.9 Å². The molecule has 0 aliphatic carbocycles. The van der Waals surface area contributed by atoms with Crippen LogP contribution in [0.3, 0.4) is 0 Å². The first-order valence-electron chi connectivity index (χ1n) is 10.5. The highest BCUT2D eigenvalue weighted by molar-refractivity contribution is 6.44. The van der Waals surface area contributed by atoms with E-state index in [0.29, 0.717) is 11.1 Å². The van der Waals surface area contributed by atoms with Gasteiger partial charge >= 0.3 is 11.8 Å². The molecule has 0 atom stereocenters. The number of rotatable bonds is 6. The number of anilines is 2. The summed E-state index contributed by atoms with van der Waals surface area (Å²) in [5, 5.41) is 5.01. The van der Waals surface area contributed by atoms with Crippen LogP contribution >= 0.6 is 0 Å². The van der Waals surface area contributed by atoms with Crippen LogP contribution in [0.4, 0.5) is 11.4 Å². The van der Waals surface area contributed by atoms with Crippen molar-refractivity contribution >= 4 is 34.8 Å². The highest BCUT2D eigenvalue weighted by atomic mass is 16.2. The van der Waals surface area contributed by atoms with Gasteiger partial charge in [-0.2, -0.15) is 0 Å². The molecule has 0 bridgehead atoms. The Hall–Kier alpha value is -4.84. The van der Waals surface area contributed by atoms with Crippen LogP contribution in [0.25, 0.3) is 0 Å². The van der Waals surface area contributed by atoms with Crippen molar-refractivity contribution in [1.29, 1.82) is 0 Å². The summed E-state index contributed by atoms with van der Waals surface area (Å²) in [7, 11) is 0. The molecule has 4 aromatic carbocycles. The molecule has 0 unspecified atom stereocenters. The van der Waals surface area contributed by atoms with Gasteiger partial charge < -0.3 is 10.6 Å². The van der Waals surface area contributed by atoms with Gasteiger partial charge in [-0.25, -0.2) is 0 Å². The lowest BCUT2D eigenvalue weighted by atomic mass is 10.0. The van der Waals surface area contributed by atoms with Crippen LogP contribution in [0, 0.1) is 0 Å². The fourth-order valence-corrected chi connectivity index (χ4v) is 3.43. The number of hydrogen-bond acceptors (Lipinski definition) is 4. The number of nitrogens with one attached hydrogen (secondary N) is 2. The minimum atomic E-state index is -0.963. The Balaban J connectivity index is 1.52. The maximum absolute atomic E-state index is 12.9. The topological polar surface area (TPSA) is 92.3 Å². The summed E-state index contributed by atoms with van der Waals surface area (Å²) in [6.07, 6.45) is 0. The fraction of sp³-hybridized carbons (Fsp3) is 0. The number of benzene rings is 4. The standard InChI is InChI=1S/C28H20N2O4/c31-25(19-11-3-1-4-12-19)21-15-7-9-17-23(21)29-27(33)28(34)30-24-18-10-8-16-22(24)26(32)20-13-5-2-6-14-20/h1-18H,(H,29,33)(H,30,34). The van der Waals surface area contributed by atoms with Crippen LogP contribution < -0.4 is 10.6 Å². The lowest BCUT2D eigenvalue weighted by Crippen LogP contribution is -2.30. The molecule has 6 heteroatoms. The number of para-hydroxylation sites is 2. The summed E-state index contributed by atoms with van der Waals surface area (Å²) in [6.45, 7) is 0. The molecule has 34 heavy (non-hydrogen) atoms. The number of carbonyl (C=O) groups excluding carboxylic acids is 4. The van der Waals surface area contributed by atoms with Crippen molar-refractivity contribution in [2.45, 2.75) is 0 Å². The Kier molecular flexibility index (Phi) is 6.70. The van der Waals surface area contributed by atoms with Crippen LogP contribution in [0.5, 0.6) is 0 Å². The van der Waals surface area contributed by atoms with Crippen molar-refractivity contribution in [2.75, 3.05) is 10.6 Å². The van der Waals surface area contributed by atoms with Gasteiger partial charge in [-0.05, 0) is 24.3 Å². The third-order valence-corrected chi connectivity index (χ3v) is 5.12. The summed E-state index contributed by atoms with van der Waals surface area (Å²) >= 11 is 0. The highest BCUT2D eigenvalue weighted by Crippen LogP contribution is 2.21. The second-order valence-electron chi connectivity index (χ2n) is 7.39. The van der Waals surface area contributed by atoms with E-state index in [0.717, 1.165) is 0 Å². The molecule has 4 rings (SSSR count). The van der Waals surface area contributed by atoms with Crippen molar-refractivity contribution in [3.8, 4) is 0 Å². The first-order valence-corrected chi connectivity index (χ1v) is 10.5. The first kappa shape index (κ1) is 22.4. The van der Waals surface area contributed by atoms with E-state index in [1.165, 1.54) is 0 Å². The molecule has 4 aromatic rings. The summed E-state index contributed by atoms with van der Waals surface area (Å²) in [5.41, 5.74) is 1.86. The van der Waals surface area contributed by atoms with E-state index in [1.807, 2.05) is 0 Å². The minimum Gasteiger partial charge on any atom is -0.317 e. The average Bonchev–Trinajstić information content (AvgIpc) is 2.89. The molecule has 2 N–H and O–H groups in total. The van der Waals surface area contributed by atoms with Gasteiger partial charge in [0.1, 0.15) is 0 Å². The van der Waals surface area contributed by atoms with Gasteiger partial charge in [0.2, 0.25) is 0 Å². The van der Waals surface area contributed by atoms with Gasteiger partial charge in [-0.15, -0.1) is 0 Å². The molecule has 6 nitrogen and oxygen atoms in total. The van der Waals surface area contributed by atoms with E-state index in [-0.39, 0.29) is 34.1 Å². The molecular formula is C28H20N2O4. The molecule has 0 fully saturated rings. The Morgan fingerprint density at radius 3 is 1.12 bits per heavy atom. The lowest BCUT2D eigenvalue weighted by Gasteiger charge is -2.12. The van der Waals surface area contributed by atoms with Crippen LogP contribution in [-0.4, -0.2) is 23.4 Å². The maximum Gasteiger partial charge on any atom is 0.314 e. The fourth-order valence-electron chi connectivity index (χ4n) is 3.43. The summed E-state index contributed by atoms with van der Waals surface area (Å²) < 4.78 is 0. The monoisotopic (exact) mass is 448 g/mol. The van der Waals surface area contributed by atoms with Gasteiger partial charge in [0.05, 0.1) is 11.4 Å². The third kappa shape index (κ3) is 4.97. The predicted octanol–water partition coefficient (Wildman–Crippen LogP) is 4.73. The predicted molar refractivity (Wildman–Crippen MR) is 130 cm³/mol. The lowest BCUT2D eigenvalue weighted by molar-refractivity contribution is -0.133. The SMILES string of the molecule is O=C(Nc1ccccc1C(=O)c1ccccc1)C(=O)Nc1ccccc1C(=O)c1ccccc1. The normalized spacial score (nSPS) is 10.2.